The minimum Gasteiger partial charge on any atom is -0.388 e. The number of hydrogen-bond donors (Lipinski definition) is 1. The number of aliphatic hydroxyl groups is 1. The van der Waals surface area contributed by atoms with Crippen LogP contribution in [0.25, 0.3) is 11.2 Å². The third-order valence-electron chi connectivity index (χ3n) is 6.90. The summed E-state index contributed by atoms with van der Waals surface area (Å²) >= 11 is 0. The van der Waals surface area contributed by atoms with Crippen LogP contribution < -0.4 is 16.1 Å². The summed E-state index contributed by atoms with van der Waals surface area (Å²) in [7, 11) is 3.11. The molecule has 2 aliphatic rings. The molecule has 0 spiro atoms. The van der Waals surface area contributed by atoms with Crippen LogP contribution in [0.3, 0.4) is 0 Å². The first-order valence-corrected chi connectivity index (χ1v) is 12.1. The van der Waals surface area contributed by atoms with Crippen LogP contribution in [0.1, 0.15) is 39.5 Å². The van der Waals surface area contributed by atoms with Crippen LogP contribution >= 0.6 is 0 Å². The second-order valence-electron chi connectivity index (χ2n) is 9.61. The van der Waals surface area contributed by atoms with Crippen molar-refractivity contribution in [3.8, 4) is 6.07 Å². The molecule has 1 N–H and O–H groups in total. The highest BCUT2D eigenvalue weighted by Crippen LogP contribution is 2.25. The fourth-order valence-electron chi connectivity index (χ4n) is 4.99. The van der Waals surface area contributed by atoms with Crippen LogP contribution in [0.4, 0.5) is 5.95 Å². The Kier molecular flexibility index (Phi) is 7.12. The molecule has 2 atom stereocenters. The number of amidine groups is 1. The maximum absolute atomic E-state index is 13.1. The molecule has 188 valence electrons. The van der Waals surface area contributed by atoms with E-state index in [2.05, 4.69) is 11.0 Å². The molecule has 0 saturated carbocycles. The van der Waals surface area contributed by atoms with Crippen molar-refractivity contribution >= 4 is 22.9 Å². The number of fused-ring (bicyclic) bond motifs is 1. The summed E-state index contributed by atoms with van der Waals surface area (Å²) < 4.78 is 4.42. The van der Waals surface area contributed by atoms with Crippen molar-refractivity contribution in [2.24, 2.45) is 19.1 Å². The summed E-state index contributed by atoms with van der Waals surface area (Å²) in [5, 5.41) is 19.4. The number of aliphatic hydroxyl groups excluding tert-OH is 1. The number of aliphatic imine (C=N–C) groups is 1. The van der Waals surface area contributed by atoms with Gasteiger partial charge in [0, 0.05) is 40.3 Å². The molecule has 0 aliphatic carbocycles. The van der Waals surface area contributed by atoms with Crippen LogP contribution in [0.5, 0.6) is 0 Å². The zero-order valence-corrected chi connectivity index (χ0v) is 20.9. The number of rotatable bonds is 5. The normalized spacial score (nSPS) is 21.0. The fourth-order valence-corrected chi connectivity index (χ4v) is 4.99. The Labute approximate surface area is 204 Å². The lowest BCUT2D eigenvalue weighted by atomic mass is 10.1. The predicted molar refractivity (Wildman–Crippen MR) is 135 cm³/mol. The molecule has 35 heavy (non-hydrogen) atoms. The molecule has 0 amide bonds. The largest absolute Gasteiger partial charge is 0.388 e. The number of imidazole rings is 1. The summed E-state index contributed by atoms with van der Waals surface area (Å²) in [4.78, 5) is 39.3. The highest BCUT2D eigenvalue weighted by Gasteiger charge is 2.30. The number of likely N-dealkylation sites (tertiary alicyclic amines) is 1. The first-order chi connectivity index (χ1) is 16.8. The van der Waals surface area contributed by atoms with E-state index in [4.69, 9.17) is 9.98 Å². The Hall–Kier alpha value is -3.39. The molecule has 0 radical (unpaired) electrons. The lowest BCUT2D eigenvalue weighted by Crippen LogP contribution is -2.42. The lowest BCUT2D eigenvalue weighted by molar-refractivity contribution is 0.320. The van der Waals surface area contributed by atoms with E-state index in [1.54, 1.807) is 7.05 Å². The lowest BCUT2D eigenvalue weighted by Gasteiger charge is -2.33. The highest BCUT2D eigenvalue weighted by atomic mass is 16.3. The summed E-state index contributed by atoms with van der Waals surface area (Å²) in [6.45, 7) is 6.31. The van der Waals surface area contributed by atoms with E-state index in [-0.39, 0.29) is 24.2 Å². The minimum atomic E-state index is -0.410. The molecule has 2 aliphatic heterocycles. The molecule has 4 heterocycles. The monoisotopic (exact) mass is 482 g/mol. The molecule has 11 heteroatoms. The van der Waals surface area contributed by atoms with Gasteiger partial charge in [0.05, 0.1) is 12.1 Å². The second kappa shape index (κ2) is 10.1. The molecule has 0 aromatic carbocycles. The standard InChI is InChI=1S/C24H34N8O3/c1-16(2)9-12-32-20-21(28(3)24(35)29(4)22(20)34)27-23(32)30-10-5-7-17(14-30)26-19(15-33)31-11-6-8-18(31)13-25/h9,17-18,33H,5-8,10-12,14-15H2,1-4H3. The van der Waals surface area contributed by atoms with E-state index in [0.717, 1.165) is 48.9 Å². The van der Waals surface area contributed by atoms with Crippen LogP contribution in [0.2, 0.25) is 0 Å². The first-order valence-electron chi connectivity index (χ1n) is 12.1. The molecule has 0 bridgehead atoms. The molecule has 4 rings (SSSR count). The van der Waals surface area contributed by atoms with Crippen molar-refractivity contribution in [3.05, 3.63) is 32.5 Å². The predicted octanol–water partition coefficient (Wildman–Crippen LogP) is 0.747. The van der Waals surface area contributed by atoms with Gasteiger partial charge in [-0.25, -0.2) is 4.79 Å². The second-order valence-corrected chi connectivity index (χ2v) is 9.61. The first kappa shape index (κ1) is 24.7. The Morgan fingerprint density at radius 1 is 1.20 bits per heavy atom. The molecular formula is C24H34N8O3. The number of aromatic nitrogens is 4. The molecule has 11 nitrogen and oxygen atoms in total. The van der Waals surface area contributed by atoms with E-state index in [9.17, 15) is 20.0 Å². The van der Waals surface area contributed by atoms with Gasteiger partial charge in [-0.2, -0.15) is 10.2 Å². The van der Waals surface area contributed by atoms with Gasteiger partial charge >= 0.3 is 5.69 Å². The van der Waals surface area contributed by atoms with Crippen molar-refractivity contribution in [1.29, 1.82) is 5.26 Å². The van der Waals surface area contributed by atoms with Gasteiger partial charge in [-0.05, 0) is 39.5 Å². The van der Waals surface area contributed by atoms with Gasteiger partial charge in [-0.3, -0.25) is 18.9 Å². The van der Waals surface area contributed by atoms with Crippen molar-refractivity contribution in [3.63, 3.8) is 0 Å². The number of allylic oxidation sites excluding steroid dienone is 2. The summed E-state index contributed by atoms with van der Waals surface area (Å²) in [6.07, 6.45) is 5.47. The van der Waals surface area contributed by atoms with E-state index < -0.39 is 5.69 Å². The van der Waals surface area contributed by atoms with E-state index in [0.29, 0.717) is 36.0 Å². The van der Waals surface area contributed by atoms with Gasteiger partial charge in [0.1, 0.15) is 18.5 Å². The van der Waals surface area contributed by atoms with E-state index >= 15 is 0 Å². The molecule has 2 aromatic rings. The Bertz CT molecular complexity index is 1320. The number of anilines is 1. The quantitative estimate of drug-likeness (QED) is 0.379. The van der Waals surface area contributed by atoms with E-state index in [1.165, 1.54) is 11.6 Å². The van der Waals surface area contributed by atoms with Gasteiger partial charge in [-0.15, -0.1) is 0 Å². The average molecular weight is 483 g/mol. The van der Waals surface area contributed by atoms with Gasteiger partial charge in [0.25, 0.3) is 5.56 Å². The fraction of sp³-hybridized carbons (Fsp3) is 0.625. The van der Waals surface area contributed by atoms with Gasteiger partial charge in [-0.1, -0.05) is 11.6 Å². The number of nitriles is 1. The topological polar surface area (TPSA) is 125 Å². The summed E-state index contributed by atoms with van der Waals surface area (Å²) in [5.41, 5.74) is 1.11. The number of hydrogen-bond acceptors (Lipinski definition) is 7. The average Bonchev–Trinajstić information content (AvgIpc) is 3.48. The summed E-state index contributed by atoms with van der Waals surface area (Å²) in [6, 6.07) is 1.99. The maximum atomic E-state index is 13.1. The van der Waals surface area contributed by atoms with Crippen LogP contribution in [0.15, 0.2) is 26.2 Å². The van der Waals surface area contributed by atoms with Crippen LogP contribution in [0, 0.1) is 11.3 Å². The van der Waals surface area contributed by atoms with Crippen LogP contribution in [-0.4, -0.2) is 72.9 Å². The third kappa shape index (κ3) is 4.62. The number of aryl methyl sites for hydroxylation is 1. The molecule has 2 saturated heterocycles. The van der Waals surface area contributed by atoms with Crippen molar-refractivity contribution < 1.29 is 5.11 Å². The molecule has 2 unspecified atom stereocenters. The highest BCUT2D eigenvalue weighted by molar-refractivity contribution is 5.84. The smallest absolute Gasteiger partial charge is 0.332 e. The van der Waals surface area contributed by atoms with Gasteiger partial charge < -0.3 is 19.5 Å². The van der Waals surface area contributed by atoms with Crippen molar-refractivity contribution in [2.75, 3.05) is 31.1 Å². The third-order valence-corrected chi connectivity index (χ3v) is 6.90. The van der Waals surface area contributed by atoms with Crippen molar-refractivity contribution in [2.45, 2.75) is 58.2 Å². The zero-order chi connectivity index (χ0) is 25.3. The molecular weight excluding hydrogens is 448 g/mol. The number of nitrogens with zero attached hydrogens (tertiary/aromatic N) is 8. The Balaban J connectivity index is 1.74. The van der Waals surface area contributed by atoms with Gasteiger partial charge in [0.2, 0.25) is 5.95 Å². The Morgan fingerprint density at radius 2 is 1.94 bits per heavy atom. The van der Waals surface area contributed by atoms with Crippen LogP contribution in [-0.2, 0) is 20.6 Å². The maximum Gasteiger partial charge on any atom is 0.332 e. The molecule has 2 aromatic heterocycles. The SMILES string of the molecule is CC(C)=CCn1c(N2CCCC(N=C(CO)N3CCCC3C#N)C2)nc2c1c(=O)n(C)c(=O)n2C. The summed E-state index contributed by atoms with van der Waals surface area (Å²) in [5.74, 6) is 1.20. The number of piperidine rings is 1. The Morgan fingerprint density at radius 3 is 2.63 bits per heavy atom. The molecule has 2 fully saturated rings. The zero-order valence-electron chi connectivity index (χ0n) is 20.9. The van der Waals surface area contributed by atoms with Crippen molar-refractivity contribution in [1.82, 2.24) is 23.6 Å². The minimum absolute atomic E-state index is 0.0748. The van der Waals surface area contributed by atoms with Gasteiger partial charge in [0.15, 0.2) is 11.2 Å². The van der Waals surface area contributed by atoms with E-state index in [1.807, 2.05) is 29.4 Å².